The number of rotatable bonds is 4. The number of sulfonamides is 1. The highest BCUT2D eigenvalue weighted by molar-refractivity contribution is 7.89. The van der Waals surface area contributed by atoms with Crippen molar-refractivity contribution in [1.29, 1.82) is 0 Å². The van der Waals surface area contributed by atoms with Gasteiger partial charge in [-0.25, -0.2) is 18.1 Å². The summed E-state index contributed by atoms with van der Waals surface area (Å²) in [5, 5.41) is 1.61. The van der Waals surface area contributed by atoms with Crippen LogP contribution in [0.3, 0.4) is 0 Å². The third-order valence-electron chi connectivity index (χ3n) is 4.15. The van der Waals surface area contributed by atoms with Crippen LogP contribution in [0.25, 0.3) is 0 Å². The summed E-state index contributed by atoms with van der Waals surface area (Å²) in [6, 6.07) is 8.34. The maximum atomic E-state index is 13.9. The molecule has 0 saturated carbocycles. The molecule has 1 fully saturated rings. The van der Waals surface area contributed by atoms with E-state index in [9.17, 15) is 31.2 Å². The van der Waals surface area contributed by atoms with Crippen molar-refractivity contribution < 1.29 is 31.2 Å². The van der Waals surface area contributed by atoms with Crippen LogP contribution in [0.4, 0.5) is 23.7 Å². The summed E-state index contributed by atoms with van der Waals surface area (Å²) in [4.78, 5) is 24.6. The quantitative estimate of drug-likeness (QED) is 0.704. The molecule has 29 heavy (non-hydrogen) atoms. The number of aryl methyl sites for hydroxylation is 1. The SMILES string of the molecule is Cc1ccc(N2C(=O)N[C@](NS(=O)(=O)c3ccc(Cl)cc3)(C(F)(F)F)C2=O)cc1. The molecule has 2 aromatic carbocycles. The van der Waals surface area contributed by atoms with E-state index in [1.54, 1.807) is 6.92 Å². The highest BCUT2D eigenvalue weighted by Crippen LogP contribution is 2.37. The van der Waals surface area contributed by atoms with Crippen molar-refractivity contribution in [2.45, 2.75) is 23.7 Å². The van der Waals surface area contributed by atoms with Crippen molar-refractivity contribution in [3.63, 3.8) is 0 Å². The first kappa shape index (κ1) is 21.1. The molecule has 1 saturated heterocycles. The van der Waals surface area contributed by atoms with Gasteiger partial charge in [-0.15, -0.1) is 0 Å². The molecule has 2 aromatic rings. The molecule has 154 valence electrons. The van der Waals surface area contributed by atoms with Gasteiger partial charge in [-0.05, 0) is 43.3 Å². The van der Waals surface area contributed by atoms with E-state index in [0.29, 0.717) is 0 Å². The Labute approximate surface area is 168 Å². The molecule has 0 bridgehead atoms. The number of benzene rings is 2. The summed E-state index contributed by atoms with van der Waals surface area (Å²) in [6.07, 6.45) is -5.47. The van der Waals surface area contributed by atoms with Crippen LogP contribution in [0.5, 0.6) is 0 Å². The first-order chi connectivity index (χ1) is 13.4. The van der Waals surface area contributed by atoms with Gasteiger partial charge in [0.1, 0.15) is 0 Å². The molecule has 1 heterocycles. The van der Waals surface area contributed by atoms with Crippen LogP contribution < -0.4 is 14.9 Å². The summed E-state index contributed by atoms with van der Waals surface area (Å²) in [6.45, 7) is 1.70. The molecule has 12 heteroatoms. The lowest BCUT2D eigenvalue weighted by Gasteiger charge is -2.29. The molecule has 1 atom stereocenters. The average Bonchev–Trinajstić information content (AvgIpc) is 2.87. The number of hydrogen-bond donors (Lipinski definition) is 2. The number of imide groups is 1. The van der Waals surface area contributed by atoms with Crippen LogP contribution in [-0.2, 0) is 14.8 Å². The normalized spacial score (nSPS) is 20.1. The Morgan fingerprint density at radius 3 is 2.10 bits per heavy atom. The Morgan fingerprint density at radius 2 is 1.59 bits per heavy atom. The molecule has 0 aromatic heterocycles. The van der Waals surface area contributed by atoms with Crippen molar-refractivity contribution in [2.75, 3.05) is 4.90 Å². The number of anilines is 1. The van der Waals surface area contributed by atoms with Gasteiger partial charge in [-0.1, -0.05) is 29.3 Å². The van der Waals surface area contributed by atoms with Gasteiger partial charge in [0.15, 0.2) is 0 Å². The zero-order valence-corrected chi connectivity index (χ0v) is 16.2. The summed E-state index contributed by atoms with van der Waals surface area (Å²) in [5.41, 5.74) is -3.27. The summed E-state index contributed by atoms with van der Waals surface area (Å²) in [7, 11) is -4.86. The molecular weight excluding hydrogens is 435 g/mol. The predicted octanol–water partition coefficient (Wildman–Crippen LogP) is 2.94. The second kappa shape index (κ2) is 7.01. The Morgan fingerprint density at radius 1 is 1.03 bits per heavy atom. The number of amides is 3. The number of halogens is 4. The summed E-state index contributed by atoms with van der Waals surface area (Å²) < 4.78 is 68.0. The van der Waals surface area contributed by atoms with E-state index >= 15 is 0 Å². The molecule has 0 aliphatic carbocycles. The van der Waals surface area contributed by atoms with Crippen molar-refractivity contribution >= 4 is 39.2 Å². The molecular formula is C17H13ClF3N3O4S. The lowest BCUT2D eigenvalue weighted by Crippen LogP contribution is -2.69. The van der Waals surface area contributed by atoms with E-state index < -0.39 is 38.7 Å². The third-order valence-corrected chi connectivity index (χ3v) is 5.87. The molecule has 1 aliphatic heterocycles. The topological polar surface area (TPSA) is 95.6 Å². The molecule has 3 amide bonds. The minimum atomic E-state index is -5.47. The third kappa shape index (κ3) is 3.68. The van der Waals surface area contributed by atoms with Gasteiger partial charge in [0.25, 0.3) is 11.6 Å². The monoisotopic (exact) mass is 447 g/mol. The van der Waals surface area contributed by atoms with Gasteiger partial charge < -0.3 is 5.32 Å². The van der Waals surface area contributed by atoms with Crippen molar-refractivity contribution in [3.8, 4) is 0 Å². The van der Waals surface area contributed by atoms with Crippen molar-refractivity contribution in [3.05, 3.63) is 59.1 Å². The van der Waals surface area contributed by atoms with Gasteiger partial charge in [0.05, 0.1) is 10.6 Å². The maximum Gasteiger partial charge on any atom is 0.435 e. The number of nitrogens with one attached hydrogen (secondary N) is 2. The Hall–Kier alpha value is -2.63. The fourth-order valence-corrected chi connectivity index (χ4v) is 4.05. The summed E-state index contributed by atoms with van der Waals surface area (Å²) >= 11 is 5.66. The van der Waals surface area contributed by atoms with Gasteiger partial charge in [-0.3, -0.25) is 4.79 Å². The Bertz CT molecular complexity index is 1070. The predicted molar refractivity (Wildman–Crippen MR) is 97.8 cm³/mol. The van der Waals surface area contributed by atoms with Gasteiger partial charge in [0.2, 0.25) is 10.0 Å². The van der Waals surface area contributed by atoms with Gasteiger partial charge in [-0.2, -0.15) is 17.9 Å². The van der Waals surface area contributed by atoms with E-state index in [1.165, 1.54) is 34.3 Å². The second-order valence-corrected chi connectivity index (χ2v) is 8.33. The smallest absolute Gasteiger partial charge is 0.302 e. The zero-order valence-electron chi connectivity index (χ0n) is 14.6. The van der Waals surface area contributed by atoms with Gasteiger partial charge >= 0.3 is 12.2 Å². The van der Waals surface area contributed by atoms with E-state index in [1.807, 2.05) is 0 Å². The van der Waals surface area contributed by atoms with Crippen LogP contribution in [0.1, 0.15) is 5.56 Å². The number of urea groups is 1. The number of carbonyl (C=O) groups excluding carboxylic acids is 2. The Balaban J connectivity index is 2.06. The molecule has 2 N–H and O–H groups in total. The zero-order chi connectivity index (χ0) is 21.6. The number of nitrogens with zero attached hydrogens (tertiary/aromatic N) is 1. The molecule has 3 rings (SSSR count). The minimum absolute atomic E-state index is 0.144. The van der Waals surface area contributed by atoms with E-state index in [-0.39, 0.29) is 15.6 Å². The number of hydrogen-bond acceptors (Lipinski definition) is 4. The number of alkyl halides is 3. The van der Waals surface area contributed by atoms with Crippen LogP contribution in [0.2, 0.25) is 5.02 Å². The van der Waals surface area contributed by atoms with Crippen molar-refractivity contribution in [1.82, 2.24) is 10.0 Å². The fourth-order valence-electron chi connectivity index (χ4n) is 2.65. The first-order valence-corrected chi connectivity index (χ1v) is 9.83. The van der Waals surface area contributed by atoms with E-state index in [0.717, 1.165) is 29.8 Å². The average molecular weight is 448 g/mol. The molecule has 1 aliphatic rings. The standard InChI is InChI=1S/C17H13ClF3N3O4S/c1-10-2-6-12(7-3-10)24-14(25)16(17(19,20)21,22-15(24)26)23-29(27,28)13-8-4-11(18)5-9-13/h2-9,23H,1H3,(H,22,26)/t16-/m1/s1. The molecule has 0 unspecified atom stereocenters. The maximum absolute atomic E-state index is 13.9. The van der Waals surface area contributed by atoms with Crippen molar-refractivity contribution in [2.24, 2.45) is 0 Å². The molecule has 0 spiro atoms. The minimum Gasteiger partial charge on any atom is -0.302 e. The summed E-state index contributed by atoms with van der Waals surface area (Å²) in [5.74, 6) is -1.82. The Kier molecular flexibility index (Phi) is 5.10. The van der Waals surface area contributed by atoms with Crippen LogP contribution in [-0.4, -0.2) is 32.2 Å². The largest absolute Gasteiger partial charge is 0.435 e. The molecule has 7 nitrogen and oxygen atoms in total. The van der Waals surface area contributed by atoms with E-state index in [2.05, 4.69) is 0 Å². The van der Waals surface area contributed by atoms with Crippen LogP contribution in [0.15, 0.2) is 53.4 Å². The lowest BCUT2D eigenvalue weighted by molar-refractivity contribution is -0.194. The first-order valence-electron chi connectivity index (χ1n) is 7.97. The lowest BCUT2D eigenvalue weighted by atomic mass is 10.1. The van der Waals surface area contributed by atoms with Crippen LogP contribution >= 0.6 is 11.6 Å². The van der Waals surface area contributed by atoms with E-state index in [4.69, 9.17) is 11.6 Å². The second-order valence-electron chi connectivity index (χ2n) is 6.21. The highest BCUT2D eigenvalue weighted by Gasteiger charge is 2.69. The van der Waals surface area contributed by atoms with Crippen LogP contribution in [0, 0.1) is 6.92 Å². The fraction of sp³-hybridized carbons (Fsp3) is 0.176. The van der Waals surface area contributed by atoms with Gasteiger partial charge in [0, 0.05) is 5.02 Å². The highest BCUT2D eigenvalue weighted by atomic mass is 35.5. The number of carbonyl (C=O) groups is 2. The molecule has 0 radical (unpaired) electrons.